The number of fused-ring (bicyclic) bond motifs is 11. The number of ether oxygens (including phenoxy) is 8. The Morgan fingerprint density at radius 2 is 1.07 bits per heavy atom. The largest absolute Gasteiger partial charge is 0.748 e. The highest BCUT2D eigenvalue weighted by Crippen LogP contribution is 2.71. The number of halogens is 3. The van der Waals surface area contributed by atoms with E-state index in [0.717, 1.165) is 85.2 Å². The van der Waals surface area contributed by atoms with Crippen molar-refractivity contribution >= 4 is 62.8 Å². The molecule has 2 heterocycles. The normalized spacial score (nSPS) is 26.6. The molecule has 121 heavy (non-hydrogen) atoms. The Morgan fingerprint density at radius 1 is 0.579 bits per heavy atom. The van der Waals surface area contributed by atoms with E-state index in [0.29, 0.717) is 61.5 Å². The molecule has 5 aromatic rings. The number of phenols is 2. The van der Waals surface area contributed by atoms with Gasteiger partial charge in [-0.2, -0.15) is 13.2 Å². The summed E-state index contributed by atoms with van der Waals surface area (Å²) in [6.07, 6.45) is 5.79. The molecule has 10 aliphatic rings. The highest BCUT2D eigenvalue weighted by Gasteiger charge is 2.69. The molecular weight excluding hydrogens is 1590 g/mol. The number of aromatic hydroxyl groups is 2. The standard InChI is InChI=1S/C20H29F3O7S.C20H32O2.C18H13OS.2C13H18O3.C12H20O4/c1-4-17(2,3)15(24)30-19-8-12-5-13(9-19)7-18(6-12,11-19)16(25)29-14(20(21,22)23)10-31(26,27)28;1-5-19(3,4)18(21)22-20(6-2)11-14-10-15(20)17-13-8-7-12(9-13)16(14)17;1-2-8-14(9-3-1)20-17-12-6-4-10-15(17)19-16-11-5-7-13-18(16)20;1-5-13(3,4)12(15)16-10-6-7-11(14)9(2)8-10;1-5-13(3,4)12(15)16-11-7-6-10(14)8-9(11)2;1-6-11(3,4)10(14)16-12(5)7-15-9(13)8(12)2/h12-14H,4-11H2,1-3H3,(H,26,27,28);12-17H,5-11H2,1-4H3;1-13H;2*6-8,14H,5H2,1-4H3;8H,6-7H2,1-5H3/q;;+1;;;/p-1. The lowest BCUT2D eigenvalue weighted by Crippen LogP contribution is -2.61. The van der Waals surface area contributed by atoms with Crippen LogP contribution in [0.15, 0.2) is 130 Å². The van der Waals surface area contributed by atoms with Gasteiger partial charge in [0.1, 0.15) is 51.7 Å². The lowest BCUT2D eigenvalue weighted by Gasteiger charge is -2.60. The maximum Gasteiger partial charge on any atom is 0.426 e. The highest BCUT2D eigenvalue weighted by molar-refractivity contribution is 7.97. The average molecular weight is 1720 g/mol. The number of hydrogen-bond donors (Lipinski definition) is 2. The predicted octanol–water partition coefficient (Wildman–Crippen LogP) is 21.0. The van der Waals surface area contributed by atoms with Crippen LogP contribution in [0.2, 0.25) is 0 Å². The first-order chi connectivity index (χ1) is 56.3. The van der Waals surface area contributed by atoms with Gasteiger partial charge in [-0.25, -0.2) is 8.42 Å². The average Bonchev–Trinajstić information content (AvgIpc) is 1.42. The minimum absolute atomic E-state index is 0.00100. The third-order valence-corrected chi connectivity index (χ3v) is 30.9. The molecule has 2 N–H and O–H groups in total. The smallest absolute Gasteiger partial charge is 0.426 e. The topological polar surface area (TPSA) is 291 Å². The van der Waals surface area contributed by atoms with Crippen molar-refractivity contribution in [1.82, 2.24) is 0 Å². The second kappa shape index (κ2) is 37.7. The Labute approximate surface area is 717 Å². The Hall–Kier alpha value is -8.16. The van der Waals surface area contributed by atoms with Crippen molar-refractivity contribution in [3.05, 3.63) is 126 Å². The number of phenolic OH excluding ortho intramolecular Hbond substituents is 2. The van der Waals surface area contributed by atoms with Gasteiger partial charge in [0, 0.05) is 12.3 Å². The summed E-state index contributed by atoms with van der Waals surface area (Å²) in [5, 5.41) is 18.6. The molecule has 12 unspecified atom stereocenters. The molecule has 25 heteroatoms. The second-order valence-corrected chi connectivity index (χ2v) is 42.0. The third kappa shape index (κ3) is 22.3. The van der Waals surface area contributed by atoms with Crippen LogP contribution in [0.1, 0.15) is 245 Å². The monoisotopic (exact) mass is 1720 g/mol. The number of hydrogen-bond acceptors (Lipinski definition) is 20. The molecule has 5 aromatic carbocycles. The van der Waals surface area contributed by atoms with Gasteiger partial charge in [-0.3, -0.25) is 33.6 Å². The maximum absolute atomic E-state index is 13.3. The summed E-state index contributed by atoms with van der Waals surface area (Å²) in [6, 6.07) is 36.8. The maximum atomic E-state index is 13.3. The second-order valence-electron chi connectivity index (χ2n) is 38.6. The van der Waals surface area contributed by atoms with Gasteiger partial charge in [0.15, 0.2) is 22.0 Å². The van der Waals surface area contributed by atoms with Crippen LogP contribution in [-0.4, -0.2) is 106 Å². The number of para-hydroxylation sites is 2. The van der Waals surface area contributed by atoms with Crippen molar-refractivity contribution < 1.29 is 108 Å². The van der Waals surface area contributed by atoms with E-state index in [1.807, 2.05) is 107 Å². The van der Waals surface area contributed by atoms with Gasteiger partial charge in [-0.1, -0.05) is 84.0 Å². The highest BCUT2D eigenvalue weighted by atomic mass is 32.2. The molecule has 8 bridgehead atoms. The van der Waals surface area contributed by atoms with Gasteiger partial charge in [-0.15, -0.1) is 0 Å². The first-order valence-corrected chi connectivity index (χ1v) is 45.9. The van der Waals surface area contributed by atoms with E-state index in [2.05, 4.69) is 73.2 Å². The van der Waals surface area contributed by atoms with Crippen LogP contribution in [0, 0.1) is 99.6 Å². The van der Waals surface area contributed by atoms with Gasteiger partial charge >= 0.3 is 48.0 Å². The van der Waals surface area contributed by atoms with Crippen LogP contribution in [0.5, 0.6) is 34.5 Å². The molecule has 0 radical (unpaired) electrons. The minimum Gasteiger partial charge on any atom is -0.748 e. The van der Waals surface area contributed by atoms with Gasteiger partial charge in [0.25, 0.3) is 0 Å². The van der Waals surface area contributed by atoms with Gasteiger partial charge < -0.3 is 52.7 Å². The molecule has 1 saturated heterocycles. The number of aryl methyl sites for hydroxylation is 2. The van der Waals surface area contributed by atoms with Crippen molar-refractivity contribution in [2.24, 2.45) is 85.8 Å². The first kappa shape index (κ1) is 96.7. The molecule has 9 fully saturated rings. The minimum atomic E-state index is -5.27. The summed E-state index contributed by atoms with van der Waals surface area (Å²) in [6.45, 7) is 37.8. The van der Waals surface area contributed by atoms with E-state index >= 15 is 0 Å². The van der Waals surface area contributed by atoms with Gasteiger partial charge in [0.2, 0.25) is 15.9 Å². The van der Waals surface area contributed by atoms with Crippen molar-refractivity contribution in [2.45, 2.75) is 291 Å². The van der Waals surface area contributed by atoms with Crippen LogP contribution >= 0.6 is 0 Å². The van der Waals surface area contributed by atoms with Crippen molar-refractivity contribution in [1.29, 1.82) is 0 Å². The number of alkyl halides is 3. The SMILES string of the molecule is CCC(C)(C)C(=O)OC1(C)COC(=O)C1C.CCC(C)(C)C(=O)OC1(CC)CC2CC1C1C3CCC(C3)C21.CCC(C)(C)C(=O)OC12CC3CC(C1)CC(C(=O)OC(CS(=O)(=O)[O-])C(F)(F)F)(C3)C2.CCC(C)(C)C(=O)Oc1ccc(O)c(C)c1.CCC(C)(C)C(=O)Oc1ccc(O)cc1C.c1ccc([S+]2c3ccccc3Oc3ccccc32)cc1. The van der Waals surface area contributed by atoms with Crippen LogP contribution in [0.3, 0.4) is 0 Å². The van der Waals surface area contributed by atoms with Crippen molar-refractivity contribution in [3.8, 4) is 34.5 Å². The van der Waals surface area contributed by atoms with E-state index in [4.69, 9.17) is 33.2 Å². The van der Waals surface area contributed by atoms with Gasteiger partial charge in [0.05, 0.1) is 54.3 Å². The molecule has 20 nitrogen and oxygen atoms in total. The first-order valence-electron chi connectivity index (χ1n) is 43.1. The quantitative estimate of drug-likeness (QED) is 0.0169. The summed E-state index contributed by atoms with van der Waals surface area (Å²) in [5.74, 6) is 3.78. The lowest BCUT2D eigenvalue weighted by molar-refractivity contribution is -0.239. The van der Waals surface area contributed by atoms with Crippen LogP contribution in [0.4, 0.5) is 13.2 Å². The van der Waals surface area contributed by atoms with Gasteiger partial charge in [-0.05, 0) is 325 Å². The van der Waals surface area contributed by atoms with Crippen LogP contribution in [0.25, 0.3) is 0 Å². The number of benzene rings is 5. The van der Waals surface area contributed by atoms with Crippen molar-refractivity contribution in [2.75, 3.05) is 12.4 Å². The number of carbonyl (C=O) groups is 7. The Morgan fingerprint density at radius 3 is 1.56 bits per heavy atom. The zero-order valence-corrected chi connectivity index (χ0v) is 76.0. The molecule has 0 spiro atoms. The fraction of sp³-hybridized carbons (Fsp3) is 0.615. The predicted molar refractivity (Wildman–Crippen MR) is 453 cm³/mol. The molecule has 12 atom stereocenters. The zero-order valence-electron chi connectivity index (χ0n) is 74.4. The zero-order chi connectivity index (χ0) is 89.8. The lowest BCUT2D eigenvalue weighted by atomic mass is 9.48. The summed E-state index contributed by atoms with van der Waals surface area (Å²) >= 11 is 0. The molecule has 2 aliphatic heterocycles. The summed E-state index contributed by atoms with van der Waals surface area (Å²) in [7, 11) is -5.35. The molecule has 666 valence electrons. The Kier molecular flexibility index (Phi) is 30.1. The van der Waals surface area contributed by atoms with E-state index < -0.39 is 84.3 Å². The van der Waals surface area contributed by atoms with Crippen LogP contribution < -0.4 is 14.2 Å². The Bertz CT molecular complexity index is 4590. The molecule has 8 saturated carbocycles. The fourth-order valence-electron chi connectivity index (χ4n) is 18.4. The fourth-order valence-corrected chi connectivity index (χ4v) is 21.3. The molecule has 15 rings (SSSR count). The third-order valence-electron chi connectivity index (χ3n) is 27.9. The number of carbonyl (C=O) groups excluding carboxylic acids is 7. The van der Waals surface area contributed by atoms with E-state index in [-0.39, 0.29) is 88.1 Å². The van der Waals surface area contributed by atoms with E-state index in [1.165, 1.54) is 52.5 Å². The van der Waals surface area contributed by atoms with Crippen LogP contribution in [-0.2, 0) is 78.3 Å². The molecule has 8 aliphatic carbocycles. The Balaban J connectivity index is 0.000000168. The summed E-state index contributed by atoms with van der Waals surface area (Å²) in [4.78, 5) is 89.1. The number of rotatable bonds is 21. The summed E-state index contributed by atoms with van der Waals surface area (Å²) in [5.41, 5.74) is -4.27. The molecule has 0 amide bonds. The molecule has 0 aromatic heterocycles. The number of esters is 7. The molecular formula is C96H129F3O20S2. The van der Waals surface area contributed by atoms with E-state index in [1.54, 1.807) is 65.8 Å². The van der Waals surface area contributed by atoms with E-state index in [9.17, 15) is 69.9 Å². The van der Waals surface area contributed by atoms with Crippen molar-refractivity contribution in [3.63, 3.8) is 0 Å². The summed E-state index contributed by atoms with van der Waals surface area (Å²) < 4.78 is 116. The number of cyclic esters (lactones) is 1.